The van der Waals surface area contributed by atoms with E-state index < -0.39 is 55.8 Å². The molecule has 39 heavy (non-hydrogen) atoms. The topological polar surface area (TPSA) is 74.8 Å². The summed E-state index contributed by atoms with van der Waals surface area (Å²) in [6, 6.07) is 4.53. The number of hydrogen-bond acceptors (Lipinski definition) is 5. The second-order valence-corrected chi connectivity index (χ2v) is 10.4. The van der Waals surface area contributed by atoms with E-state index in [0.29, 0.717) is 42.5 Å². The van der Waals surface area contributed by atoms with Gasteiger partial charge in [-0.3, -0.25) is 14.2 Å². The number of likely N-dealkylation sites (tertiary alicyclic amines) is 1. The maximum atomic E-state index is 15.6. The number of H-pyrrole nitrogens is 1. The van der Waals surface area contributed by atoms with Crippen LogP contribution >= 0.6 is 0 Å². The fourth-order valence-corrected chi connectivity index (χ4v) is 5.79. The Morgan fingerprint density at radius 3 is 2.41 bits per heavy atom. The molecule has 0 spiro atoms. The van der Waals surface area contributed by atoms with Crippen molar-refractivity contribution in [1.29, 1.82) is 0 Å². The second kappa shape index (κ2) is 10.7. The van der Waals surface area contributed by atoms with Crippen LogP contribution in [0.4, 0.5) is 32.0 Å². The molecule has 210 valence electrons. The third kappa shape index (κ3) is 5.63. The van der Waals surface area contributed by atoms with E-state index in [9.17, 15) is 27.6 Å². The molecule has 1 aromatic heterocycles. The van der Waals surface area contributed by atoms with Crippen LogP contribution < -0.4 is 10.8 Å². The summed E-state index contributed by atoms with van der Waals surface area (Å²) in [5.74, 6) is -1.96. The normalized spacial score (nSPS) is 20.7. The average Bonchev–Trinajstić information content (AvgIpc) is 3.18. The molecule has 2 aliphatic rings. The fourth-order valence-electron chi connectivity index (χ4n) is 5.79. The van der Waals surface area contributed by atoms with E-state index in [-0.39, 0.29) is 29.3 Å². The Morgan fingerprint density at radius 2 is 1.79 bits per heavy atom. The highest BCUT2D eigenvalue weighted by atomic mass is 19.4. The van der Waals surface area contributed by atoms with Crippen molar-refractivity contribution in [2.75, 3.05) is 38.2 Å². The number of nitrogens with zero attached hydrogens (tertiary/aromatic N) is 2. The van der Waals surface area contributed by atoms with Crippen molar-refractivity contribution in [3.05, 3.63) is 58.8 Å². The van der Waals surface area contributed by atoms with Crippen molar-refractivity contribution >= 4 is 29.2 Å². The predicted molar refractivity (Wildman–Crippen MR) is 137 cm³/mol. The first-order valence-corrected chi connectivity index (χ1v) is 12.8. The van der Waals surface area contributed by atoms with Gasteiger partial charge in [-0.05, 0) is 49.0 Å². The molecule has 4 N–H and O–H groups in total. The van der Waals surface area contributed by atoms with Gasteiger partial charge in [-0.15, -0.1) is 0 Å². The second-order valence-electron chi connectivity index (χ2n) is 10.4. The van der Waals surface area contributed by atoms with Crippen molar-refractivity contribution in [2.24, 2.45) is 0 Å². The number of alkyl halides is 4. The van der Waals surface area contributed by atoms with E-state index in [0.717, 1.165) is 17.0 Å². The summed E-state index contributed by atoms with van der Waals surface area (Å²) in [6.07, 6.45) is -4.04. The first-order valence-electron chi connectivity index (χ1n) is 12.8. The fraction of sp³-hybridized carbons (Fsp3) is 0.462. The molecule has 2 aliphatic heterocycles. The van der Waals surface area contributed by atoms with Gasteiger partial charge in [0.05, 0.1) is 25.3 Å². The summed E-state index contributed by atoms with van der Waals surface area (Å²) in [6.45, 7) is 1.56. The molecule has 0 saturated carbocycles. The summed E-state index contributed by atoms with van der Waals surface area (Å²) >= 11 is 0. The minimum atomic E-state index is -4.61. The molecule has 13 heteroatoms. The van der Waals surface area contributed by atoms with E-state index in [4.69, 9.17) is 0 Å². The zero-order valence-corrected chi connectivity index (χ0v) is 21.2. The standard InChI is InChI=1S/C26H29BF6N4O2/c1-14-7-19-18-8-15(27(38)39)3-4-22(18)35-24(19)25(37(14)13-26(31,32)33)23-20(29)9-16(10-21(23)30)34-17-11-36(12-17)6-2-5-28/h3-4,8-10,14,17,25,34-35,38-39H,2,5-7,11-13H2,1H3/t14-,25?/m1/s1. The van der Waals surface area contributed by atoms with E-state index in [1.807, 2.05) is 4.90 Å². The molecule has 3 aromatic rings. The number of aromatic nitrogens is 1. The summed E-state index contributed by atoms with van der Waals surface area (Å²) in [5.41, 5.74) is 1.19. The number of benzene rings is 2. The van der Waals surface area contributed by atoms with Crippen LogP contribution in [0.5, 0.6) is 0 Å². The minimum Gasteiger partial charge on any atom is -0.423 e. The lowest BCUT2D eigenvalue weighted by atomic mass is 9.79. The Bertz CT molecular complexity index is 1320. The van der Waals surface area contributed by atoms with Gasteiger partial charge in [0.25, 0.3) is 0 Å². The van der Waals surface area contributed by atoms with Crippen LogP contribution in [0.3, 0.4) is 0 Å². The minimum absolute atomic E-state index is 0.0814. The molecule has 1 fully saturated rings. The first-order chi connectivity index (χ1) is 18.4. The third-order valence-electron chi connectivity index (χ3n) is 7.58. The monoisotopic (exact) mass is 554 g/mol. The quantitative estimate of drug-likeness (QED) is 0.254. The lowest BCUT2D eigenvalue weighted by Gasteiger charge is -2.41. The van der Waals surface area contributed by atoms with Crippen molar-refractivity contribution in [3.63, 3.8) is 0 Å². The van der Waals surface area contributed by atoms with E-state index in [1.165, 1.54) is 12.1 Å². The van der Waals surface area contributed by atoms with Crippen LogP contribution in [-0.4, -0.2) is 83.1 Å². The van der Waals surface area contributed by atoms with Gasteiger partial charge in [-0.25, -0.2) is 8.78 Å². The molecule has 1 saturated heterocycles. The average molecular weight is 554 g/mol. The third-order valence-corrected chi connectivity index (χ3v) is 7.58. The van der Waals surface area contributed by atoms with E-state index >= 15 is 8.78 Å². The Kier molecular flexibility index (Phi) is 7.62. The number of nitrogens with one attached hydrogen (secondary N) is 2. The highest BCUT2D eigenvalue weighted by Gasteiger charge is 2.44. The first kappa shape index (κ1) is 27.8. The number of hydrogen-bond donors (Lipinski definition) is 4. The van der Waals surface area contributed by atoms with Crippen LogP contribution in [0.15, 0.2) is 30.3 Å². The lowest BCUT2D eigenvalue weighted by molar-refractivity contribution is -0.155. The Labute approximate surface area is 221 Å². The van der Waals surface area contributed by atoms with Crippen LogP contribution in [0.2, 0.25) is 0 Å². The van der Waals surface area contributed by atoms with Gasteiger partial charge in [0.1, 0.15) is 11.6 Å². The van der Waals surface area contributed by atoms with Crippen LogP contribution in [0.25, 0.3) is 10.9 Å². The van der Waals surface area contributed by atoms with Gasteiger partial charge >= 0.3 is 13.3 Å². The highest BCUT2D eigenvalue weighted by Crippen LogP contribution is 2.44. The van der Waals surface area contributed by atoms with Crippen molar-refractivity contribution < 1.29 is 36.4 Å². The SMILES string of the molecule is C[C@@H]1Cc2c([nH]c3ccc(B(O)O)cc23)C(c2c(F)cc(NC3CN(CCCF)C3)cc2F)N1CC(F)(F)F. The summed E-state index contributed by atoms with van der Waals surface area (Å²) in [7, 11) is -1.75. The van der Waals surface area contributed by atoms with E-state index in [1.54, 1.807) is 13.0 Å². The maximum Gasteiger partial charge on any atom is 0.488 e. The largest absolute Gasteiger partial charge is 0.488 e. The molecular formula is C26H29BF6N4O2. The van der Waals surface area contributed by atoms with Crippen molar-refractivity contribution in [1.82, 2.24) is 14.8 Å². The van der Waals surface area contributed by atoms with E-state index in [2.05, 4.69) is 10.3 Å². The highest BCUT2D eigenvalue weighted by molar-refractivity contribution is 6.58. The number of fused-ring (bicyclic) bond motifs is 3. The molecule has 1 unspecified atom stereocenters. The molecule has 6 nitrogen and oxygen atoms in total. The van der Waals surface area contributed by atoms with Crippen LogP contribution in [0, 0.1) is 11.6 Å². The predicted octanol–water partition coefficient (Wildman–Crippen LogP) is 3.48. The molecular weight excluding hydrogens is 525 g/mol. The number of halogens is 6. The zero-order valence-electron chi connectivity index (χ0n) is 21.2. The summed E-state index contributed by atoms with van der Waals surface area (Å²) < 4.78 is 84.6. The zero-order chi connectivity index (χ0) is 28.1. The summed E-state index contributed by atoms with van der Waals surface area (Å²) in [4.78, 5) is 6.11. The molecule has 5 rings (SSSR count). The number of rotatable bonds is 8. The van der Waals surface area contributed by atoms with Gasteiger partial charge in [0, 0.05) is 53.5 Å². The van der Waals surface area contributed by atoms with Crippen LogP contribution in [-0.2, 0) is 6.42 Å². The smallest absolute Gasteiger partial charge is 0.423 e. The van der Waals surface area contributed by atoms with Crippen molar-refractivity contribution in [3.8, 4) is 0 Å². The van der Waals surface area contributed by atoms with Gasteiger partial charge in [0.15, 0.2) is 0 Å². The number of aromatic amines is 1. The summed E-state index contributed by atoms with van der Waals surface area (Å²) in [5, 5.41) is 22.8. The Morgan fingerprint density at radius 1 is 1.10 bits per heavy atom. The van der Waals surface area contributed by atoms with Crippen LogP contribution in [0.1, 0.15) is 36.2 Å². The molecule has 0 aliphatic carbocycles. The van der Waals surface area contributed by atoms with Gasteiger partial charge < -0.3 is 20.3 Å². The number of anilines is 1. The van der Waals surface area contributed by atoms with Gasteiger partial charge in [-0.1, -0.05) is 12.1 Å². The molecule has 0 amide bonds. The molecule has 2 aromatic carbocycles. The molecule has 3 heterocycles. The maximum absolute atomic E-state index is 15.6. The van der Waals surface area contributed by atoms with Crippen molar-refractivity contribution in [2.45, 2.75) is 44.1 Å². The van der Waals surface area contributed by atoms with Gasteiger partial charge in [-0.2, -0.15) is 13.2 Å². The molecule has 2 atom stereocenters. The molecule has 0 radical (unpaired) electrons. The lowest BCUT2D eigenvalue weighted by Crippen LogP contribution is -2.54. The van der Waals surface area contributed by atoms with Gasteiger partial charge in [0.2, 0.25) is 0 Å². The Hall–Kier alpha value is -2.74. The Balaban J connectivity index is 1.53. The molecule has 0 bridgehead atoms.